The van der Waals surface area contributed by atoms with Gasteiger partial charge >= 0.3 is 0 Å². The molecule has 0 amide bonds. The quantitative estimate of drug-likeness (QED) is 0.693. The van der Waals surface area contributed by atoms with Gasteiger partial charge in [-0.3, -0.25) is 0 Å². The van der Waals surface area contributed by atoms with E-state index in [-0.39, 0.29) is 5.95 Å². The number of nitrogen functional groups attached to an aromatic ring is 1. The lowest BCUT2D eigenvalue weighted by Gasteiger charge is -2.05. The van der Waals surface area contributed by atoms with Crippen molar-refractivity contribution in [1.29, 1.82) is 0 Å². The summed E-state index contributed by atoms with van der Waals surface area (Å²) >= 11 is 1.32. The van der Waals surface area contributed by atoms with Crippen LogP contribution >= 0.6 is 11.8 Å². The van der Waals surface area contributed by atoms with Gasteiger partial charge in [-0.2, -0.15) is 9.67 Å². The molecule has 3 aromatic rings. The molecule has 0 saturated carbocycles. The highest BCUT2D eigenvalue weighted by molar-refractivity contribution is 7.99. The molecule has 0 radical (unpaired) electrons. The third-order valence-electron chi connectivity index (χ3n) is 2.61. The van der Waals surface area contributed by atoms with Crippen LogP contribution in [-0.4, -0.2) is 37.2 Å². The van der Waals surface area contributed by atoms with Crippen LogP contribution in [0.2, 0.25) is 0 Å². The highest BCUT2D eigenvalue weighted by Gasteiger charge is 2.12. The van der Waals surface area contributed by atoms with Crippen molar-refractivity contribution in [2.45, 2.75) is 10.2 Å². The number of aromatic nitrogens is 6. The van der Waals surface area contributed by atoms with E-state index in [0.717, 1.165) is 5.69 Å². The van der Waals surface area contributed by atoms with Gasteiger partial charge in [0.15, 0.2) is 0 Å². The molecule has 2 aromatic heterocycles. The van der Waals surface area contributed by atoms with Gasteiger partial charge < -0.3 is 11.1 Å². The third kappa shape index (κ3) is 2.92. The number of anilines is 2. The second kappa shape index (κ2) is 5.75. The number of nitrogens with zero attached hydrogens (tertiary/aromatic N) is 6. The number of tetrazole rings is 1. The van der Waals surface area contributed by atoms with E-state index in [2.05, 4.69) is 30.8 Å². The Labute approximate surface area is 124 Å². The first-order chi connectivity index (χ1) is 10.3. The Morgan fingerprint density at radius 1 is 1.19 bits per heavy atom. The van der Waals surface area contributed by atoms with Crippen molar-refractivity contribution in [2.24, 2.45) is 0 Å². The predicted octanol–water partition coefficient (Wildman–Crippen LogP) is 1.23. The largest absolute Gasteiger partial charge is 0.373 e. The highest BCUT2D eigenvalue weighted by atomic mass is 32.2. The summed E-state index contributed by atoms with van der Waals surface area (Å²) in [5.74, 6) is 0.840. The van der Waals surface area contributed by atoms with Crippen LogP contribution in [0.5, 0.6) is 0 Å². The molecule has 3 N–H and O–H groups in total. The van der Waals surface area contributed by atoms with Crippen LogP contribution in [0.3, 0.4) is 0 Å². The van der Waals surface area contributed by atoms with Gasteiger partial charge in [0.25, 0.3) is 0 Å². The van der Waals surface area contributed by atoms with E-state index in [0.29, 0.717) is 16.0 Å². The van der Waals surface area contributed by atoms with E-state index in [1.54, 1.807) is 17.8 Å². The molecule has 9 heteroatoms. The fourth-order valence-electron chi connectivity index (χ4n) is 1.69. The summed E-state index contributed by atoms with van der Waals surface area (Å²) < 4.78 is 1.64. The molecule has 0 spiro atoms. The summed E-state index contributed by atoms with van der Waals surface area (Å²) in [5.41, 5.74) is 6.55. The number of rotatable bonds is 4. The topological polar surface area (TPSA) is 107 Å². The van der Waals surface area contributed by atoms with Crippen LogP contribution in [0.1, 0.15) is 0 Å². The zero-order valence-electron chi connectivity index (χ0n) is 11.1. The lowest BCUT2D eigenvalue weighted by atomic mass is 10.3. The standard InChI is InChI=1S/C12H12N8S/c1-14-9-7-10(16-11(13)15-9)21-12-17-18-19-20(12)8-5-3-2-4-6-8/h2-7H,1H3,(H3,13,14,15,16). The summed E-state index contributed by atoms with van der Waals surface area (Å²) in [4.78, 5) is 8.22. The molecular formula is C12H12N8S. The molecule has 0 bridgehead atoms. The summed E-state index contributed by atoms with van der Waals surface area (Å²) in [5, 5.41) is 15.9. The van der Waals surface area contributed by atoms with Crippen LogP contribution in [0.25, 0.3) is 5.69 Å². The zero-order chi connectivity index (χ0) is 14.7. The van der Waals surface area contributed by atoms with E-state index in [4.69, 9.17) is 5.73 Å². The fourth-order valence-corrected chi connectivity index (χ4v) is 2.49. The number of nitrogens with one attached hydrogen (secondary N) is 1. The number of nitrogens with two attached hydrogens (primary N) is 1. The first kappa shape index (κ1) is 13.3. The summed E-state index contributed by atoms with van der Waals surface area (Å²) in [6.07, 6.45) is 0. The molecule has 2 heterocycles. The van der Waals surface area contributed by atoms with Crippen LogP contribution in [0.15, 0.2) is 46.6 Å². The summed E-state index contributed by atoms with van der Waals surface area (Å²) in [6.45, 7) is 0. The van der Waals surface area contributed by atoms with Crippen LogP contribution in [-0.2, 0) is 0 Å². The molecule has 106 valence electrons. The van der Waals surface area contributed by atoms with Crippen molar-refractivity contribution < 1.29 is 0 Å². The van der Waals surface area contributed by atoms with Gasteiger partial charge in [0.1, 0.15) is 10.8 Å². The molecule has 8 nitrogen and oxygen atoms in total. The minimum Gasteiger partial charge on any atom is -0.373 e. The Bertz CT molecular complexity index is 742. The van der Waals surface area contributed by atoms with E-state index in [1.807, 2.05) is 30.3 Å². The fraction of sp³-hybridized carbons (Fsp3) is 0.0833. The van der Waals surface area contributed by atoms with Crippen LogP contribution in [0, 0.1) is 0 Å². The first-order valence-corrected chi connectivity index (χ1v) is 6.92. The van der Waals surface area contributed by atoms with Crippen LogP contribution < -0.4 is 11.1 Å². The molecule has 1 aromatic carbocycles. The molecule has 0 fully saturated rings. The molecule has 21 heavy (non-hydrogen) atoms. The number of hydrogen-bond acceptors (Lipinski definition) is 8. The monoisotopic (exact) mass is 300 g/mol. The van der Waals surface area contributed by atoms with Crippen molar-refractivity contribution in [3.05, 3.63) is 36.4 Å². The Balaban J connectivity index is 1.93. The Kier molecular flexibility index (Phi) is 3.65. The minimum absolute atomic E-state index is 0.197. The van der Waals surface area contributed by atoms with E-state index >= 15 is 0 Å². The normalized spacial score (nSPS) is 10.5. The van der Waals surface area contributed by atoms with Crippen molar-refractivity contribution in [2.75, 3.05) is 18.1 Å². The smallest absolute Gasteiger partial charge is 0.223 e. The van der Waals surface area contributed by atoms with Gasteiger partial charge in [-0.15, -0.1) is 5.10 Å². The maximum Gasteiger partial charge on any atom is 0.223 e. The second-order valence-corrected chi connectivity index (χ2v) is 5.00. The molecule has 0 unspecified atom stereocenters. The second-order valence-electron chi connectivity index (χ2n) is 4.01. The Hall–Kier alpha value is -2.68. The molecule has 3 rings (SSSR count). The van der Waals surface area contributed by atoms with Gasteiger partial charge in [-0.25, -0.2) is 4.98 Å². The average Bonchev–Trinajstić information content (AvgIpc) is 2.95. The summed E-state index contributed by atoms with van der Waals surface area (Å²) in [7, 11) is 1.77. The van der Waals surface area contributed by atoms with Crippen LogP contribution in [0.4, 0.5) is 11.8 Å². The van der Waals surface area contributed by atoms with Gasteiger partial charge in [0, 0.05) is 13.1 Å². The van der Waals surface area contributed by atoms with Gasteiger partial charge in [0.2, 0.25) is 11.1 Å². The molecular weight excluding hydrogens is 288 g/mol. The van der Waals surface area contributed by atoms with Gasteiger partial charge in [-0.05, 0) is 34.3 Å². The molecule has 0 aliphatic carbocycles. The lowest BCUT2D eigenvalue weighted by Crippen LogP contribution is -2.02. The first-order valence-electron chi connectivity index (χ1n) is 6.10. The predicted molar refractivity (Wildman–Crippen MR) is 79.3 cm³/mol. The number of hydrogen-bond donors (Lipinski definition) is 2. The van der Waals surface area contributed by atoms with Crippen molar-refractivity contribution >= 4 is 23.5 Å². The third-order valence-corrected chi connectivity index (χ3v) is 3.47. The van der Waals surface area contributed by atoms with Crippen molar-refractivity contribution in [1.82, 2.24) is 30.2 Å². The highest BCUT2D eigenvalue weighted by Crippen LogP contribution is 2.27. The Morgan fingerprint density at radius 3 is 2.76 bits per heavy atom. The van der Waals surface area contributed by atoms with E-state index in [1.165, 1.54) is 11.8 Å². The van der Waals surface area contributed by atoms with Crippen molar-refractivity contribution in [3.8, 4) is 5.69 Å². The molecule has 0 atom stereocenters. The average molecular weight is 300 g/mol. The number of benzene rings is 1. The van der Waals surface area contributed by atoms with E-state index < -0.39 is 0 Å². The molecule has 0 aliphatic heterocycles. The minimum atomic E-state index is 0.197. The Morgan fingerprint density at radius 2 is 2.00 bits per heavy atom. The zero-order valence-corrected chi connectivity index (χ0v) is 11.9. The SMILES string of the molecule is CNc1cc(Sc2nnnn2-c2ccccc2)nc(N)n1. The molecule has 0 aliphatic rings. The van der Waals surface area contributed by atoms with Gasteiger partial charge in [-0.1, -0.05) is 18.2 Å². The van der Waals surface area contributed by atoms with Gasteiger partial charge in [0.05, 0.1) is 5.69 Å². The van der Waals surface area contributed by atoms with E-state index in [9.17, 15) is 0 Å². The van der Waals surface area contributed by atoms with Crippen molar-refractivity contribution in [3.63, 3.8) is 0 Å². The maximum atomic E-state index is 5.68. The lowest BCUT2D eigenvalue weighted by molar-refractivity contribution is 0.756. The summed E-state index contributed by atoms with van der Waals surface area (Å²) in [6, 6.07) is 11.4. The molecule has 0 saturated heterocycles. The number of para-hydroxylation sites is 1. The maximum absolute atomic E-state index is 5.68.